The van der Waals surface area contributed by atoms with Gasteiger partial charge in [0.2, 0.25) is 11.9 Å². The van der Waals surface area contributed by atoms with Crippen molar-refractivity contribution >= 4 is 21.7 Å². The van der Waals surface area contributed by atoms with Gasteiger partial charge in [-0.1, -0.05) is 6.92 Å². The van der Waals surface area contributed by atoms with E-state index in [-0.39, 0.29) is 29.4 Å². The molecule has 0 radical (unpaired) electrons. The molecule has 8 nitrogen and oxygen atoms in total. The summed E-state index contributed by atoms with van der Waals surface area (Å²) in [6.45, 7) is 4.27. The number of aromatic nitrogens is 3. The Labute approximate surface area is 118 Å². The van der Waals surface area contributed by atoms with Crippen LogP contribution in [0.2, 0.25) is 0 Å². The van der Waals surface area contributed by atoms with E-state index in [1.165, 1.54) is 0 Å². The van der Waals surface area contributed by atoms with Crippen LogP contribution in [0.5, 0.6) is 6.01 Å². The van der Waals surface area contributed by atoms with E-state index in [2.05, 4.69) is 20.3 Å². The lowest BCUT2D eigenvalue weighted by molar-refractivity contribution is 0.292. The van der Waals surface area contributed by atoms with Gasteiger partial charge in [-0.2, -0.15) is 15.0 Å². The number of hydrogen-bond donors (Lipinski definition) is 2. The number of nitrogens with two attached hydrogens (primary N) is 1. The molecule has 0 saturated carbocycles. The molecule has 1 aliphatic heterocycles. The van der Waals surface area contributed by atoms with Crippen molar-refractivity contribution in [3.05, 3.63) is 0 Å². The molecule has 0 bridgehead atoms. The van der Waals surface area contributed by atoms with Crippen molar-refractivity contribution in [1.82, 2.24) is 15.0 Å². The van der Waals surface area contributed by atoms with Crippen LogP contribution in [0.4, 0.5) is 11.9 Å². The maximum atomic E-state index is 11.6. The Morgan fingerprint density at radius 1 is 1.40 bits per heavy atom. The van der Waals surface area contributed by atoms with Crippen molar-refractivity contribution in [3.63, 3.8) is 0 Å². The van der Waals surface area contributed by atoms with Crippen LogP contribution < -0.4 is 15.8 Å². The van der Waals surface area contributed by atoms with Gasteiger partial charge in [-0.15, -0.1) is 0 Å². The Morgan fingerprint density at radius 2 is 2.15 bits per heavy atom. The lowest BCUT2D eigenvalue weighted by atomic mass is 10.0. The Kier molecular flexibility index (Phi) is 3.98. The van der Waals surface area contributed by atoms with Crippen molar-refractivity contribution in [3.8, 4) is 6.01 Å². The molecule has 0 aromatic carbocycles. The highest BCUT2D eigenvalue weighted by atomic mass is 32.2. The first-order valence-electron chi connectivity index (χ1n) is 6.45. The number of ether oxygens (including phenoxy) is 1. The monoisotopic (exact) mass is 301 g/mol. The molecule has 2 rings (SSSR count). The topological polar surface area (TPSA) is 120 Å². The second-order valence-corrected chi connectivity index (χ2v) is 7.36. The minimum Gasteiger partial charge on any atom is -0.463 e. The summed E-state index contributed by atoms with van der Waals surface area (Å²) in [6.07, 6.45) is 1.33. The molecule has 1 aromatic heterocycles. The molecule has 0 amide bonds. The van der Waals surface area contributed by atoms with Gasteiger partial charge in [0.05, 0.1) is 23.7 Å². The molecule has 1 unspecified atom stereocenters. The average molecular weight is 301 g/mol. The molecule has 1 aromatic rings. The molecule has 9 heteroatoms. The van der Waals surface area contributed by atoms with Gasteiger partial charge in [0.15, 0.2) is 9.84 Å². The van der Waals surface area contributed by atoms with E-state index >= 15 is 0 Å². The lowest BCUT2D eigenvalue weighted by Gasteiger charge is -2.23. The van der Waals surface area contributed by atoms with Crippen molar-refractivity contribution in [1.29, 1.82) is 0 Å². The molecule has 0 spiro atoms. The smallest absolute Gasteiger partial charge is 0.323 e. The molecule has 3 N–H and O–H groups in total. The standard InChI is InChI=1S/C11H19N5O3S/c1-3-5-19-10-14-8(12)13-9(15-10)16-11(2)4-6-20(17,18)7-11/h3-7H2,1-2H3,(H3,12,13,14,15,16). The molecular weight excluding hydrogens is 282 g/mol. The highest BCUT2D eigenvalue weighted by Crippen LogP contribution is 2.26. The number of rotatable bonds is 5. The fourth-order valence-electron chi connectivity index (χ4n) is 2.06. The molecular formula is C11H19N5O3S. The fourth-order valence-corrected chi connectivity index (χ4v) is 4.16. The van der Waals surface area contributed by atoms with E-state index in [9.17, 15) is 8.42 Å². The van der Waals surface area contributed by atoms with Crippen molar-refractivity contribution in [2.24, 2.45) is 0 Å². The van der Waals surface area contributed by atoms with Crippen LogP contribution in [0.15, 0.2) is 0 Å². The second-order valence-electron chi connectivity index (χ2n) is 5.18. The fraction of sp³-hybridized carbons (Fsp3) is 0.727. The van der Waals surface area contributed by atoms with E-state index < -0.39 is 15.4 Å². The van der Waals surface area contributed by atoms with Gasteiger partial charge in [-0.05, 0) is 19.8 Å². The summed E-state index contributed by atoms with van der Waals surface area (Å²) in [7, 11) is -3.00. The molecule has 1 aliphatic rings. The Morgan fingerprint density at radius 3 is 2.75 bits per heavy atom. The normalized spacial score (nSPS) is 24.5. The Balaban J connectivity index is 2.15. The zero-order valence-electron chi connectivity index (χ0n) is 11.6. The molecule has 2 heterocycles. The van der Waals surface area contributed by atoms with E-state index in [1.54, 1.807) is 0 Å². The maximum absolute atomic E-state index is 11.6. The number of nitrogens with one attached hydrogen (secondary N) is 1. The van der Waals surface area contributed by atoms with Crippen molar-refractivity contribution in [2.75, 3.05) is 29.2 Å². The van der Waals surface area contributed by atoms with Crippen LogP contribution in [0.3, 0.4) is 0 Å². The highest BCUT2D eigenvalue weighted by molar-refractivity contribution is 7.91. The summed E-state index contributed by atoms with van der Waals surface area (Å²) in [5.41, 5.74) is 5.01. The molecule has 1 fully saturated rings. The average Bonchev–Trinajstić information content (AvgIpc) is 2.60. The third-order valence-corrected chi connectivity index (χ3v) is 4.89. The predicted octanol–water partition coefficient (Wildman–Crippen LogP) is 0.232. The number of hydrogen-bond acceptors (Lipinski definition) is 8. The van der Waals surface area contributed by atoms with E-state index in [0.29, 0.717) is 13.0 Å². The first-order chi connectivity index (χ1) is 9.32. The van der Waals surface area contributed by atoms with Crippen molar-refractivity contribution < 1.29 is 13.2 Å². The maximum Gasteiger partial charge on any atom is 0.323 e. The SMILES string of the molecule is CCCOc1nc(N)nc(NC2(C)CCS(=O)(=O)C2)n1. The molecule has 1 atom stereocenters. The predicted molar refractivity (Wildman–Crippen MR) is 75.3 cm³/mol. The molecule has 112 valence electrons. The number of anilines is 2. The summed E-state index contributed by atoms with van der Waals surface area (Å²) in [5, 5.41) is 3.03. The Hall–Kier alpha value is -1.64. The minimum atomic E-state index is -3.00. The summed E-state index contributed by atoms with van der Waals surface area (Å²) in [6, 6.07) is 0.145. The molecule has 1 saturated heterocycles. The first-order valence-corrected chi connectivity index (χ1v) is 8.27. The Bertz CT molecular complexity index is 592. The third kappa shape index (κ3) is 3.69. The number of nitrogens with zero attached hydrogens (tertiary/aromatic N) is 3. The minimum absolute atomic E-state index is 0.0399. The quantitative estimate of drug-likeness (QED) is 0.793. The third-order valence-electron chi connectivity index (χ3n) is 2.98. The van der Waals surface area contributed by atoms with E-state index in [1.807, 2.05) is 13.8 Å². The summed E-state index contributed by atoms with van der Waals surface area (Å²) >= 11 is 0. The van der Waals surface area contributed by atoms with Crippen LogP contribution in [0, 0.1) is 0 Å². The zero-order chi connectivity index (χ0) is 14.8. The van der Waals surface area contributed by atoms with Crippen LogP contribution in [-0.2, 0) is 9.84 Å². The van der Waals surface area contributed by atoms with Gasteiger partial charge in [0, 0.05) is 0 Å². The summed E-state index contributed by atoms with van der Waals surface area (Å²) in [4.78, 5) is 11.9. The molecule has 20 heavy (non-hydrogen) atoms. The highest BCUT2D eigenvalue weighted by Gasteiger charge is 2.39. The van der Waals surface area contributed by atoms with Crippen LogP contribution in [-0.4, -0.2) is 47.0 Å². The number of nitrogen functional groups attached to an aromatic ring is 1. The van der Waals surface area contributed by atoms with Gasteiger partial charge in [-0.25, -0.2) is 8.42 Å². The summed E-state index contributed by atoms with van der Waals surface area (Å²) in [5.74, 6) is 0.494. The van der Waals surface area contributed by atoms with Gasteiger partial charge in [0.1, 0.15) is 0 Å². The lowest BCUT2D eigenvalue weighted by Crippen LogP contribution is -2.36. The number of sulfone groups is 1. The van der Waals surface area contributed by atoms with Crippen LogP contribution in [0.1, 0.15) is 26.7 Å². The largest absolute Gasteiger partial charge is 0.463 e. The van der Waals surface area contributed by atoms with Crippen LogP contribution in [0.25, 0.3) is 0 Å². The van der Waals surface area contributed by atoms with Gasteiger partial charge >= 0.3 is 6.01 Å². The van der Waals surface area contributed by atoms with E-state index in [4.69, 9.17) is 10.5 Å². The van der Waals surface area contributed by atoms with E-state index in [0.717, 1.165) is 6.42 Å². The first kappa shape index (κ1) is 14.8. The molecule has 0 aliphatic carbocycles. The zero-order valence-corrected chi connectivity index (χ0v) is 12.4. The second kappa shape index (κ2) is 5.39. The summed E-state index contributed by atoms with van der Waals surface area (Å²) < 4.78 is 28.5. The van der Waals surface area contributed by atoms with Gasteiger partial charge in [-0.3, -0.25) is 0 Å². The van der Waals surface area contributed by atoms with Crippen molar-refractivity contribution in [2.45, 2.75) is 32.2 Å². The van der Waals surface area contributed by atoms with Gasteiger partial charge < -0.3 is 15.8 Å². The van der Waals surface area contributed by atoms with Crippen LogP contribution >= 0.6 is 0 Å². The van der Waals surface area contributed by atoms with Gasteiger partial charge in [0.25, 0.3) is 0 Å².